The zero-order valence-electron chi connectivity index (χ0n) is 10.7. The van der Waals surface area contributed by atoms with Crippen molar-refractivity contribution in [1.82, 2.24) is 5.32 Å². The first kappa shape index (κ1) is 12.7. The summed E-state index contributed by atoms with van der Waals surface area (Å²) in [5.41, 5.74) is 2.01. The van der Waals surface area contributed by atoms with Gasteiger partial charge in [0.1, 0.15) is 0 Å². The Morgan fingerprint density at radius 3 is 3.05 bits per heavy atom. The van der Waals surface area contributed by atoms with Crippen molar-refractivity contribution in [1.29, 1.82) is 0 Å². The monoisotopic (exact) mass is 287 g/mol. The maximum Gasteiger partial charge on any atom is 0.244 e. The molecule has 20 heavy (non-hydrogen) atoms. The largest absolute Gasteiger partial charge is 0.454 e. The Morgan fingerprint density at radius 2 is 2.20 bits per heavy atom. The minimum Gasteiger partial charge on any atom is -0.454 e. The lowest BCUT2D eigenvalue weighted by molar-refractivity contribution is -0.116. The third kappa shape index (κ3) is 3.00. The summed E-state index contributed by atoms with van der Waals surface area (Å²) in [6.07, 6.45) is 3.27. The molecule has 1 aliphatic heterocycles. The molecule has 1 aromatic heterocycles. The van der Waals surface area contributed by atoms with Gasteiger partial charge in [0.05, 0.1) is 0 Å². The second-order valence-electron chi connectivity index (χ2n) is 4.30. The second-order valence-corrected chi connectivity index (χ2v) is 5.08. The van der Waals surface area contributed by atoms with Crippen LogP contribution in [-0.4, -0.2) is 12.7 Å². The average molecular weight is 287 g/mol. The third-order valence-corrected chi connectivity index (χ3v) is 3.60. The van der Waals surface area contributed by atoms with Crippen molar-refractivity contribution in [2.75, 3.05) is 6.79 Å². The molecule has 2 heterocycles. The van der Waals surface area contributed by atoms with Crippen LogP contribution in [0.25, 0.3) is 6.08 Å². The van der Waals surface area contributed by atoms with Gasteiger partial charge in [-0.05, 0) is 46.2 Å². The molecule has 4 nitrogen and oxygen atoms in total. The van der Waals surface area contributed by atoms with Gasteiger partial charge in [-0.1, -0.05) is 6.07 Å². The molecule has 3 rings (SSSR count). The van der Waals surface area contributed by atoms with E-state index in [-0.39, 0.29) is 12.7 Å². The Labute approximate surface area is 120 Å². The van der Waals surface area contributed by atoms with E-state index >= 15 is 0 Å². The summed E-state index contributed by atoms with van der Waals surface area (Å²) in [6.45, 7) is 0.803. The van der Waals surface area contributed by atoms with Crippen molar-refractivity contribution < 1.29 is 14.3 Å². The fourth-order valence-electron chi connectivity index (χ4n) is 1.83. The molecule has 102 valence electrons. The number of thiophene rings is 1. The zero-order valence-corrected chi connectivity index (χ0v) is 11.5. The first-order chi connectivity index (χ1) is 9.81. The summed E-state index contributed by atoms with van der Waals surface area (Å²) in [7, 11) is 0. The molecule has 5 heteroatoms. The van der Waals surface area contributed by atoms with Crippen molar-refractivity contribution in [2.45, 2.75) is 6.54 Å². The van der Waals surface area contributed by atoms with Gasteiger partial charge in [-0.3, -0.25) is 4.79 Å². The molecule has 0 saturated heterocycles. The van der Waals surface area contributed by atoms with Crippen LogP contribution in [0.2, 0.25) is 0 Å². The molecule has 2 aromatic rings. The third-order valence-electron chi connectivity index (χ3n) is 2.87. The minimum atomic E-state index is -0.117. The SMILES string of the molecule is O=C(/C=C/c1ccc2c(c1)OCO2)NCc1ccsc1. The number of benzene rings is 1. The van der Waals surface area contributed by atoms with E-state index < -0.39 is 0 Å². The van der Waals surface area contributed by atoms with Crippen molar-refractivity contribution in [2.24, 2.45) is 0 Å². The summed E-state index contributed by atoms with van der Waals surface area (Å²) in [4.78, 5) is 11.7. The van der Waals surface area contributed by atoms with E-state index in [9.17, 15) is 4.79 Å². The number of ether oxygens (including phenoxy) is 2. The number of amides is 1. The lowest BCUT2D eigenvalue weighted by Gasteiger charge is -2.00. The van der Waals surface area contributed by atoms with Crippen LogP contribution in [0.1, 0.15) is 11.1 Å². The van der Waals surface area contributed by atoms with E-state index in [1.54, 1.807) is 17.4 Å². The summed E-state index contributed by atoms with van der Waals surface area (Å²) in [6, 6.07) is 7.57. The van der Waals surface area contributed by atoms with Gasteiger partial charge >= 0.3 is 0 Å². The van der Waals surface area contributed by atoms with Crippen LogP contribution < -0.4 is 14.8 Å². The summed E-state index contributed by atoms with van der Waals surface area (Å²) >= 11 is 1.62. The Balaban J connectivity index is 1.58. The second kappa shape index (κ2) is 5.79. The molecule has 0 atom stereocenters. The molecule has 1 N–H and O–H groups in total. The smallest absolute Gasteiger partial charge is 0.244 e. The van der Waals surface area contributed by atoms with Gasteiger partial charge in [-0.25, -0.2) is 0 Å². The highest BCUT2D eigenvalue weighted by molar-refractivity contribution is 7.07. The van der Waals surface area contributed by atoms with Crippen molar-refractivity contribution in [3.05, 3.63) is 52.2 Å². The molecule has 0 radical (unpaired) electrons. The van der Waals surface area contributed by atoms with E-state index in [1.165, 1.54) is 6.08 Å². The van der Waals surface area contributed by atoms with Crippen LogP contribution in [0.3, 0.4) is 0 Å². The average Bonchev–Trinajstić information content (AvgIpc) is 3.13. The standard InChI is InChI=1S/C15H13NO3S/c17-15(16-8-12-5-6-20-9-12)4-2-11-1-3-13-14(7-11)19-10-18-13/h1-7,9H,8,10H2,(H,16,17)/b4-2+. The van der Waals surface area contributed by atoms with E-state index in [1.807, 2.05) is 35.0 Å². The molecular formula is C15H13NO3S. The first-order valence-electron chi connectivity index (χ1n) is 6.18. The van der Waals surface area contributed by atoms with Gasteiger partial charge in [-0.15, -0.1) is 0 Å². The van der Waals surface area contributed by atoms with Crippen LogP contribution in [0.4, 0.5) is 0 Å². The van der Waals surface area contributed by atoms with Crippen molar-refractivity contribution >= 4 is 23.3 Å². The quantitative estimate of drug-likeness (QED) is 0.880. The predicted molar refractivity (Wildman–Crippen MR) is 77.8 cm³/mol. The van der Waals surface area contributed by atoms with Crippen molar-refractivity contribution in [3.8, 4) is 11.5 Å². The maximum atomic E-state index is 11.7. The first-order valence-corrected chi connectivity index (χ1v) is 7.12. The molecule has 0 aliphatic carbocycles. The highest BCUT2D eigenvalue weighted by Gasteiger charge is 2.12. The van der Waals surface area contributed by atoms with Crippen LogP contribution in [0.15, 0.2) is 41.1 Å². The Hall–Kier alpha value is -2.27. The Kier molecular flexibility index (Phi) is 3.69. The van der Waals surface area contributed by atoms with Crippen LogP contribution in [0, 0.1) is 0 Å². The van der Waals surface area contributed by atoms with Gasteiger partial charge in [0.15, 0.2) is 11.5 Å². The Morgan fingerprint density at radius 1 is 1.30 bits per heavy atom. The maximum absolute atomic E-state index is 11.7. The molecule has 1 aliphatic rings. The van der Waals surface area contributed by atoms with E-state index in [2.05, 4.69) is 5.32 Å². The summed E-state index contributed by atoms with van der Waals surface area (Å²) in [5.74, 6) is 1.34. The highest BCUT2D eigenvalue weighted by Crippen LogP contribution is 2.32. The number of carbonyl (C=O) groups excluding carboxylic acids is 1. The number of rotatable bonds is 4. The van der Waals surface area contributed by atoms with E-state index in [0.717, 1.165) is 16.9 Å². The van der Waals surface area contributed by atoms with Gasteiger partial charge in [0.2, 0.25) is 12.7 Å². The fraction of sp³-hybridized carbons (Fsp3) is 0.133. The molecule has 0 unspecified atom stereocenters. The summed E-state index contributed by atoms with van der Waals surface area (Å²) in [5, 5.41) is 6.84. The molecule has 0 bridgehead atoms. The topological polar surface area (TPSA) is 47.6 Å². The van der Waals surface area contributed by atoms with Gasteiger partial charge in [0, 0.05) is 12.6 Å². The number of fused-ring (bicyclic) bond motifs is 1. The van der Waals surface area contributed by atoms with Crippen LogP contribution in [0.5, 0.6) is 11.5 Å². The Bertz CT molecular complexity index is 635. The van der Waals surface area contributed by atoms with Crippen LogP contribution >= 0.6 is 11.3 Å². The zero-order chi connectivity index (χ0) is 13.8. The lowest BCUT2D eigenvalue weighted by atomic mass is 10.2. The van der Waals surface area contributed by atoms with Crippen LogP contribution in [-0.2, 0) is 11.3 Å². The molecule has 0 fully saturated rings. The molecule has 1 aromatic carbocycles. The number of hydrogen-bond donors (Lipinski definition) is 1. The number of carbonyl (C=O) groups is 1. The number of nitrogens with one attached hydrogen (secondary N) is 1. The van der Waals surface area contributed by atoms with Gasteiger partial charge in [-0.2, -0.15) is 11.3 Å². The molecule has 1 amide bonds. The fourth-order valence-corrected chi connectivity index (χ4v) is 2.50. The highest BCUT2D eigenvalue weighted by atomic mass is 32.1. The lowest BCUT2D eigenvalue weighted by Crippen LogP contribution is -2.19. The normalized spacial score (nSPS) is 12.8. The van der Waals surface area contributed by atoms with E-state index in [0.29, 0.717) is 12.3 Å². The molecule has 0 spiro atoms. The van der Waals surface area contributed by atoms with Crippen molar-refractivity contribution in [3.63, 3.8) is 0 Å². The molecular weight excluding hydrogens is 274 g/mol. The van der Waals surface area contributed by atoms with Gasteiger partial charge in [0.25, 0.3) is 0 Å². The minimum absolute atomic E-state index is 0.117. The summed E-state index contributed by atoms with van der Waals surface area (Å²) < 4.78 is 10.5. The number of hydrogen-bond acceptors (Lipinski definition) is 4. The van der Waals surface area contributed by atoms with E-state index in [4.69, 9.17) is 9.47 Å². The molecule has 0 saturated carbocycles. The van der Waals surface area contributed by atoms with Gasteiger partial charge < -0.3 is 14.8 Å². The predicted octanol–water partition coefficient (Wildman–Crippen LogP) is 2.81.